The Morgan fingerprint density at radius 1 is 1.07 bits per heavy atom. The van der Waals surface area contributed by atoms with Gasteiger partial charge in [0.25, 0.3) is 0 Å². The number of piperazine rings is 1. The highest BCUT2D eigenvalue weighted by atomic mass is 16.4. The summed E-state index contributed by atoms with van der Waals surface area (Å²) >= 11 is 0. The van der Waals surface area contributed by atoms with Gasteiger partial charge in [0, 0.05) is 37.8 Å². The van der Waals surface area contributed by atoms with Gasteiger partial charge in [0.05, 0.1) is 5.69 Å². The van der Waals surface area contributed by atoms with Crippen molar-refractivity contribution in [3.05, 3.63) is 60.0 Å². The van der Waals surface area contributed by atoms with E-state index in [1.807, 2.05) is 43.6 Å². The zero-order valence-electron chi connectivity index (χ0n) is 15.2. The first-order chi connectivity index (χ1) is 13.1. The molecule has 7 nitrogen and oxygen atoms in total. The van der Waals surface area contributed by atoms with Gasteiger partial charge in [-0.3, -0.25) is 0 Å². The third-order valence-electron chi connectivity index (χ3n) is 4.86. The molecule has 1 aliphatic rings. The lowest BCUT2D eigenvalue weighted by atomic mass is 10.2. The molecule has 0 aliphatic carbocycles. The minimum atomic E-state index is -1.11. The Kier molecular flexibility index (Phi) is 4.58. The maximum absolute atomic E-state index is 11.0. The monoisotopic (exact) mass is 363 g/mol. The summed E-state index contributed by atoms with van der Waals surface area (Å²) in [7, 11) is 0. The molecule has 0 radical (unpaired) electrons. The van der Waals surface area contributed by atoms with Crippen LogP contribution in [0.1, 0.15) is 11.3 Å². The first-order valence-electron chi connectivity index (χ1n) is 9.02. The Hall–Kier alpha value is -3.22. The first-order valence-corrected chi connectivity index (χ1v) is 9.02. The number of aromatic nitrogens is 3. The highest BCUT2D eigenvalue weighted by molar-refractivity contribution is 5.74. The molecule has 0 N–H and O–H groups in total. The fourth-order valence-corrected chi connectivity index (χ4v) is 3.42. The maximum atomic E-state index is 11.0. The van der Waals surface area contributed by atoms with Crippen molar-refractivity contribution < 1.29 is 14.5 Å². The second-order valence-electron chi connectivity index (χ2n) is 6.75. The number of carboxylic acid groups (broad SMARTS) is 1. The summed E-state index contributed by atoms with van der Waals surface area (Å²) in [6.07, 6.45) is 2.91. The van der Waals surface area contributed by atoms with Crippen molar-refractivity contribution in [2.75, 3.05) is 31.1 Å². The summed E-state index contributed by atoms with van der Waals surface area (Å²) in [6, 6.07) is 12.3. The fourth-order valence-electron chi connectivity index (χ4n) is 3.42. The van der Waals surface area contributed by atoms with Crippen LogP contribution in [0.3, 0.4) is 0 Å². The number of nitrogens with zero attached hydrogens (tertiary/aromatic N) is 5. The van der Waals surface area contributed by atoms with Crippen molar-refractivity contribution in [1.82, 2.24) is 14.9 Å². The highest BCUT2D eigenvalue weighted by Gasteiger charge is 2.21. The van der Waals surface area contributed by atoms with Crippen LogP contribution in [0.2, 0.25) is 0 Å². The van der Waals surface area contributed by atoms with Crippen LogP contribution in [-0.2, 0) is 6.54 Å². The molecule has 0 bridgehead atoms. The minimum absolute atomic E-state index is 0.424. The number of hydrogen-bond acceptors (Lipinski definition) is 5. The van der Waals surface area contributed by atoms with Crippen molar-refractivity contribution in [1.29, 1.82) is 0 Å². The lowest BCUT2D eigenvalue weighted by molar-refractivity contribution is -0.687. The van der Waals surface area contributed by atoms with Gasteiger partial charge in [-0.2, -0.15) is 4.57 Å². The van der Waals surface area contributed by atoms with Crippen molar-refractivity contribution in [2.24, 2.45) is 0 Å². The van der Waals surface area contributed by atoms with E-state index in [4.69, 9.17) is 9.97 Å². The number of carbonyl (C=O) groups is 1. The maximum Gasteiger partial charge on any atom is 0.197 e. The van der Waals surface area contributed by atoms with Crippen LogP contribution in [0.25, 0.3) is 11.0 Å². The lowest BCUT2D eigenvalue weighted by Crippen LogP contribution is -2.53. The van der Waals surface area contributed by atoms with Gasteiger partial charge in [-0.1, -0.05) is 30.3 Å². The molecule has 2 aromatic heterocycles. The number of amides is 1. The molecule has 0 atom stereocenters. The van der Waals surface area contributed by atoms with Crippen LogP contribution in [0.15, 0.2) is 48.8 Å². The Labute approximate surface area is 157 Å². The van der Waals surface area contributed by atoms with Gasteiger partial charge in [-0.15, -0.1) is 0 Å². The average molecular weight is 363 g/mol. The number of rotatable bonds is 3. The Bertz CT molecular complexity index is 969. The molecule has 3 aromatic rings. The number of benzene rings is 1. The largest absolute Gasteiger partial charge is 0.530 e. The molecular weight excluding hydrogens is 342 g/mol. The molecule has 27 heavy (non-hydrogen) atoms. The minimum Gasteiger partial charge on any atom is -0.530 e. The average Bonchev–Trinajstić information content (AvgIpc) is 2.68. The Morgan fingerprint density at radius 3 is 2.52 bits per heavy atom. The standard InChI is InChI=1S/C20H21N5O2/c1-15-19(24-9-11-25(12-10-24)20(26)27)22-17-7-8-23(14-18(17)21-15)13-16-5-3-2-4-6-16/h2-8,14H,9-13H2,1H3. The predicted octanol–water partition coefficient (Wildman–Crippen LogP) is 0.739. The van der Waals surface area contributed by atoms with Crippen LogP contribution in [0, 0.1) is 6.92 Å². The Balaban J connectivity index is 1.57. The molecule has 138 valence electrons. The van der Waals surface area contributed by atoms with Gasteiger partial charge in [0.1, 0.15) is 11.6 Å². The quantitative estimate of drug-likeness (QED) is 0.642. The molecule has 1 amide bonds. The molecule has 7 heteroatoms. The predicted molar refractivity (Wildman–Crippen MR) is 99.2 cm³/mol. The van der Waals surface area contributed by atoms with E-state index >= 15 is 0 Å². The van der Waals surface area contributed by atoms with Crippen LogP contribution >= 0.6 is 0 Å². The molecule has 0 spiro atoms. The molecule has 0 saturated carbocycles. The zero-order chi connectivity index (χ0) is 18.8. The summed E-state index contributed by atoms with van der Waals surface area (Å²) in [6.45, 7) is 4.76. The summed E-state index contributed by atoms with van der Waals surface area (Å²) in [4.78, 5) is 23.9. The zero-order valence-corrected chi connectivity index (χ0v) is 15.2. The number of anilines is 1. The Morgan fingerprint density at radius 2 is 1.81 bits per heavy atom. The molecule has 3 heterocycles. The van der Waals surface area contributed by atoms with E-state index in [9.17, 15) is 9.90 Å². The van der Waals surface area contributed by atoms with Crippen molar-refractivity contribution >= 4 is 22.9 Å². The first kappa shape index (κ1) is 17.2. The van der Waals surface area contributed by atoms with Crippen molar-refractivity contribution in [3.63, 3.8) is 0 Å². The normalized spacial score (nSPS) is 14.6. The van der Waals surface area contributed by atoms with Gasteiger partial charge in [0.15, 0.2) is 30.3 Å². The van der Waals surface area contributed by atoms with Crippen molar-refractivity contribution in [2.45, 2.75) is 13.5 Å². The number of aryl methyl sites for hydroxylation is 1. The smallest absolute Gasteiger partial charge is 0.197 e. The number of fused-ring (bicyclic) bond motifs is 1. The molecule has 1 saturated heterocycles. The number of pyridine rings is 1. The summed E-state index contributed by atoms with van der Waals surface area (Å²) in [5.74, 6) is 0.821. The molecular formula is C20H21N5O2. The van der Waals surface area contributed by atoms with Gasteiger partial charge in [0.2, 0.25) is 0 Å². The number of carbonyl (C=O) groups excluding carboxylic acids is 1. The van der Waals surface area contributed by atoms with Crippen LogP contribution in [0.5, 0.6) is 0 Å². The molecule has 1 aromatic carbocycles. The van der Waals surface area contributed by atoms with Gasteiger partial charge in [-0.05, 0) is 6.92 Å². The third-order valence-corrected chi connectivity index (χ3v) is 4.86. The van der Waals surface area contributed by atoms with E-state index in [0.29, 0.717) is 26.2 Å². The van der Waals surface area contributed by atoms with Gasteiger partial charge >= 0.3 is 0 Å². The van der Waals surface area contributed by atoms with Gasteiger partial charge < -0.3 is 19.7 Å². The summed E-state index contributed by atoms with van der Waals surface area (Å²) in [5.41, 5.74) is 3.76. The van der Waals surface area contributed by atoms with Crippen molar-refractivity contribution in [3.8, 4) is 0 Å². The van der Waals surface area contributed by atoms with E-state index in [1.54, 1.807) is 0 Å². The molecule has 0 unspecified atom stereocenters. The topological polar surface area (TPSA) is 76.3 Å². The fraction of sp³-hybridized carbons (Fsp3) is 0.300. The second-order valence-corrected chi connectivity index (χ2v) is 6.75. The molecule has 4 rings (SSSR count). The van der Waals surface area contributed by atoms with E-state index in [1.165, 1.54) is 10.5 Å². The van der Waals surface area contributed by atoms with E-state index < -0.39 is 6.09 Å². The second kappa shape index (κ2) is 7.19. The van der Waals surface area contributed by atoms with E-state index in [2.05, 4.69) is 21.6 Å². The SMILES string of the molecule is Cc1nc2c[n+](Cc3ccccc3)ccc2nc1N1CCN(C(=O)[O-])CC1. The van der Waals surface area contributed by atoms with E-state index in [-0.39, 0.29) is 0 Å². The van der Waals surface area contributed by atoms with E-state index in [0.717, 1.165) is 29.1 Å². The van der Waals surface area contributed by atoms with Crippen LogP contribution in [-0.4, -0.2) is 47.1 Å². The third kappa shape index (κ3) is 3.67. The van der Waals surface area contributed by atoms with Gasteiger partial charge in [-0.25, -0.2) is 9.97 Å². The van der Waals surface area contributed by atoms with Crippen LogP contribution < -0.4 is 14.6 Å². The number of hydrogen-bond donors (Lipinski definition) is 0. The van der Waals surface area contributed by atoms with Crippen LogP contribution in [0.4, 0.5) is 10.6 Å². The lowest BCUT2D eigenvalue weighted by Gasteiger charge is -2.37. The summed E-state index contributed by atoms with van der Waals surface area (Å²) < 4.78 is 2.10. The molecule has 1 aliphatic heterocycles. The highest BCUT2D eigenvalue weighted by Crippen LogP contribution is 2.20. The summed E-state index contributed by atoms with van der Waals surface area (Å²) in [5, 5.41) is 11.0. The molecule has 1 fully saturated rings.